The standard InChI is InChI=1S/C9H10O2.C7H14O2/c1-8(10)11-7-9-5-3-2-4-6-9;1-3-4-5-6-9-7(2)8/h2-6H,7H2,1H3;3-6H2,1-2H3. The van der Waals surface area contributed by atoms with Crippen LogP contribution in [0, 0.1) is 0 Å². The van der Waals surface area contributed by atoms with Crippen LogP contribution in [0.1, 0.15) is 45.6 Å². The number of benzene rings is 1. The van der Waals surface area contributed by atoms with Crippen molar-refractivity contribution in [3.63, 3.8) is 0 Å². The lowest BCUT2D eigenvalue weighted by atomic mass is 10.2. The molecule has 0 radical (unpaired) electrons. The zero-order valence-electron chi connectivity index (χ0n) is 12.6. The van der Waals surface area contributed by atoms with Gasteiger partial charge in [0.05, 0.1) is 6.61 Å². The Morgan fingerprint density at radius 1 is 0.950 bits per heavy atom. The molecule has 1 aromatic rings. The van der Waals surface area contributed by atoms with Crippen LogP contribution in [0.3, 0.4) is 0 Å². The average molecular weight is 280 g/mol. The molecule has 0 aliphatic rings. The third kappa shape index (κ3) is 12.6. The summed E-state index contributed by atoms with van der Waals surface area (Å²) in [7, 11) is 0. The minimum atomic E-state index is -0.242. The predicted molar refractivity (Wildman–Crippen MR) is 78.1 cm³/mol. The first-order valence-corrected chi connectivity index (χ1v) is 6.87. The van der Waals surface area contributed by atoms with Crippen molar-refractivity contribution in [3.8, 4) is 0 Å². The highest BCUT2D eigenvalue weighted by Crippen LogP contribution is 1.99. The topological polar surface area (TPSA) is 52.6 Å². The van der Waals surface area contributed by atoms with Gasteiger partial charge in [-0.25, -0.2) is 0 Å². The van der Waals surface area contributed by atoms with E-state index >= 15 is 0 Å². The van der Waals surface area contributed by atoms with Gasteiger partial charge in [0.15, 0.2) is 0 Å². The Morgan fingerprint density at radius 2 is 1.55 bits per heavy atom. The number of unbranched alkanes of at least 4 members (excludes halogenated alkanes) is 2. The molecule has 0 bridgehead atoms. The fraction of sp³-hybridized carbons (Fsp3) is 0.500. The first-order chi connectivity index (χ1) is 9.56. The lowest BCUT2D eigenvalue weighted by Crippen LogP contribution is -1.99. The largest absolute Gasteiger partial charge is 0.466 e. The van der Waals surface area contributed by atoms with Gasteiger partial charge in [0.25, 0.3) is 0 Å². The van der Waals surface area contributed by atoms with E-state index in [-0.39, 0.29) is 11.9 Å². The molecule has 0 aliphatic carbocycles. The fourth-order valence-corrected chi connectivity index (χ4v) is 1.33. The number of carbonyl (C=O) groups excluding carboxylic acids is 2. The molecule has 20 heavy (non-hydrogen) atoms. The van der Waals surface area contributed by atoms with Gasteiger partial charge in [0, 0.05) is 13.8 Å². The van der Waals surface area contributed by atoms with Crippen LogP contribution >= 0.6 is 0 Å². The maximum Gasteiger partial charge on any atom is 0.302 e. The summed E-state index contributed by atoms with van der Waals surface area (Å²) in [5.41, 5.74) is 1.02. The van der Waals surface area contributed by atoms with E-state index in [9.17, 15) is 9.59 Å². The molecule has 4 heteroatoms. The molecule has 0 heterocycles. The SMILES string of the molecule is CC(=O)OCc1ccccc1.CCCCCOC(C)=O. The smallest absolute Gasteiger partial charge is 0.302 e. The zero-order valence-corrected chi connectivity index (χ0v) is 12.6. The van der Waals surface area contributed by atoms with Gasteiger partial charge >= 0.3 is 11.9 Å². The number of hydrogen-bond acceptors (Lipinski definition) is 4. The Kier molecular flexibility index (Phi) is 11.1. The van der Waals surface area contributed by atoms with E-state index < -0.39 is 0 Å². The second-order valence-corrected chi connectivity index (χ2v) is 4.31. The van der Waals surface area contributed by atoms with E-state index in [4.69, 9.17) is 9.47 Å². The maximum absolute atomic E-state index is 10.4. The normalized spacial score (nSPS) is 9.15. The summed E-state index contributed by atoms with van der Waals surface area (Å²) in [5.74, 6) is -0.417. The molecule has 112 valence electrons. The van der Waals surface area contributed by atoms with E-state index in [1.807, 2.05) is 30.3 Å². The molecular weight excluding hydrogens is 256 g/mol. The molecule has 0 unspecified atom stereocenters. The van der Waals surface area contributed by atoms with E-state index in [0.29, 0.717) is 13.2 Å². The van der Waals surface area contributed by atoms with Gasteiger partial charge in [-0.05, 0) is 12.0 Å². The van der Waals surface area contributed by atoms with E-state index in [0.717, 1.165) is 18.4 Å². The van der Waals surface area contributed by atoms with Crippen LogP contribution in [-0.2, 0) is 25.7 Å². The quantitative estimate of drug-likeness (QED) is 0.591. The summed E-state index contributed by atoms with van der Waals surface area (Å²) in [6, 6.07) is 9.60. The van der Waals surface area contributed by atoms with Crippen molar-refractivity contribution < 1.29 is 19.1 Å². The summed E-state index contributed by atoms with van der Waals surface area (Å²) in [6.45, 7) is 5.92. The molecule has 0 N–H and O–H groups in total. The average Bonchev–Trinajstić information content (AvgIpc) is 2.43. The molecule has 0 fully saturated rings. The van der Waals surface area contributed by atoms with Crippen molar-refractivity contribution in [1.29, 1.82) is 0 Å². The molecule has 1 aromatic carbocycles. The van der Waals surface area contributed by atoms with E-state index in [2.05, 4.69) is 6.92 Å². The molecule has 0 saturated carbocycles. The third-order valence-corrected chi connectivity index (χ3v) is 2.34. The Labute approximate surface area is 121 Å². The summed E-state index contributed by atoms with van der Waals surface area (Å²) in [6.07, 6.45) is 3.31. The second-order valence-electron chi connectivity index (χ2n) is 4.31. The van der Waals surface area contributed by atoms with Gasteiger partial charge in [-0.1, -0.05) is 50.1 Å². The van der Waals surface area contributed by atoms with Crippen LogP contribution in [0.25, 0.3) is 0 Å². The van der Waals surface area contributed by atoms with E-state index in [1.54, 1.807) is 0 Å². The van der Waals surface area contributed by atoms with Crippen LogP contribution in [-0.4, -0.2) is 18.5 Å². The van der Waals surface area contributed by atoms with Gasteiger partial charge < -0.3 is 9.47 Å². The highest BCUT2D eigenvalue weighted by Gasteiger charge is 1.93. The Balaban J connectivity index is 0.000000370. The zero-order chi connectivity index (χ0) is 15.2. The van der Waals surface area contributed by atoms with Crippen molar-refractivity contribution in [3.05, 3.63) is 35.9 Å². The van der Waals surface area contributed by atoms with Crippen molar-refractivity contribution in [1.82, 2.24) is 0 Å². The summed E-state index contributed by atoms with van der Waals surface area (Å²) < 4.78 is 9.49. The minimum Gasteiger partial charge on any atom is -0.466 e. The first kappa shape index (κ1) is 18.2. The van der Waals surface area contributed by atoms with E-state index in [1.165, 1.54) is 20.3 Å². The Morgan fingerprint density at radius 3 is 2.05 bits per heavy atom. The van der Waals surface area contributed by atoms with Crippen molar-refractivity contribution >= 4 is 11.9 Å². The number of hydrogen-bond donors (Lipinski definition) is 0. The summed E-state index contributed by atoms with van der Waals surface area (Å²) >= 11 is 0. The monoisotopic (exact) mass is 280 g/mol. The Bertz CT molecular complexity index is 373. The van der Waals surface area contributed by atoms with Gasteiger partial charge in [-0.2, -0.15) is 0 Å². The first-order valence-electron chi connectivity index (χ1n) is 6.87. The number of esters is 2. The molecule has 1 rings (SSSR count). The third-order valence-electron chi connectivity index (χ3n) is 2.34. The maximum atomic E-state index is 10.4. The highest BCUT2D eigenvalue weighted by molar-refractivity contribution is 5.66. The highest BCUT2D eigenvalue weighted by atomic mass is 16.5. The molecule has 0 spiro atoms. The minimum absolute atomic E-state index is 0.175. The lowest BCUT2D eigenvalue weighted by molar-refractivity contribution is -0.142. The second kappa shape index (κ2) is 12.2. The lowest BCUT2D eigenvalue weighted by Gasteiger charge is -1.99. The van der Waals surface area contributed by atoms with Crippen molar-refractivity contribution in [2.24, 2.45) is 0 Å². The van der Waals surface area contributed by atoms with Crippen LogP contribution in [0.2, 0.25) is 0 Å². The molecule has 0 atom stereocenters. The van der Waals surface area contributed by atoms with Gasteiger partial charge in [-0.15, -0.1) is 0 Å². The van der Waals surface area contributed by atoms with Crippen LogP contribution in [0.4, 0.5) is 0 Å². The summed E-state index contributed by atoms with van der Waals surface area (Å²) in [5, 5.41) is 0. The molecular formula is C16H24O4. The molecule has 4 nitrogen and oxygen atoms in total. The fourth-order valence-electron chi connectivity index (χ4n) is 1.33. The molecule has 0 aliphatic heterocycles. The molecule has 0 amide bonds. The van der Waals surface area contributed by atoms with Gasteiger partial charge in [0.2, 0.25) is 0 Å². The summed E-state index contributed by atoms with van der Waals surface area (Å²) in [4.78, 5) is 20.6. The van der Waals surface area contributed by atoms with Crippen LogP contribution in [0.15, 0.2) is 30.3 Å². The van der Waals surface area contributed by atoms with Crippen molar-refractivity contribution in [2.45, 2.75) is 46.6 Å². The van der Waals surface area contributed by atoms with Gasteiger partial charge in [0.1, 0.15) is 6.61 Å². The molecule has 0 saturated heterocycles. The number of carbonyl (C=O) groups is 2. The predicted octanol–water partition coefficient (Wildman–Crippen LogP) is 3.49. The Hall–Kier alpha value is -1.84. The van der Waals surface area contributed by atoms with Crippen molar-refractivity contribution in [2.75, 3.05) is 6.61 Å². The number of ether oxygens (including phenoxy) is 2. The van der Waals surface area contributed by atoms with Crippen LogP contribution < -0.4 is 0 Å². The van der Waals surface area contributed by atoms with Gasteiger partial charge in [-0.3, -0.25) is 9.59 Å². The number of rotatable bonds is 6. The van der Waals surface area contributed by atoms with Crippen LogP contribution in [0.5, 0.6) is 0 Å². The molecule has 0 aromatic heterocycles.